The minimum atomic E-state index is 0. The number of para-hydroxylation sites is 1. The maximum absolute atomic E-state index is 6.29. The monoisotopic (exact) mass is 401 g/mol. The standard InChI is InChI=1S/C24H19N3O.ClH/c1-27(2)17-12-13-20-22(14-17)28-23-15-21(25-16-8-4-3-5-9-16)18-10-6-7-11-19(18)24(23)26-20;/h3-15H,1-2H3;1H. The maximum Gasteiger partial charge on any atom is 0.203 e. The van der Waals surface area contributed by atoms with Gasteiger partial charge in [-0.3, -0.25) is 0 Å². The summed E-state index contributed by atoms with van der Waals surface area (Å²) >= 11 is 0. The van der Waals surface area contributed by atoms with Crippen molar-refractivity contribution in [2.75, 3.05) is 19.4 Å². The molecule has 144 valence electrons. The van der Waals surface area contributed by atoms with Gasteiger partial charge in [0.2, 0.25) is 5.36 Å². The Morgan fingerprint density at radius 2 is 1.55 bits per heavy atom. The van der Waals surface area contributed by atoms with Crippen LogP contribution in [0.3, 0.4) is 0 Å². The highest BCUT2D eigenvalue weighted by atomic mass is 35.5. The number of nitrogens with zero attached hydrogens (tertiary/aromatic N) is 2. The van der Waals surface area contributed by atoms with E-state index in [2.05, 4.69) is 40.2 Å². The normalized spacial score (nSPS) is 10.8. The number of rotatable bonds is 2. The molecule has 3 aromatic carbocycles. The average molecular weight is 402 g/mol. The van der Waals surface area contributed by atoms with Gasteiger partial charge in [0.05, 0.1) is 11.8 Å². The van der Waals surface area contributed by atoms with E-state index in [1.54, 1.807) is 0 Å². The van der Waals surface area contributed by atoms with Crippen LogP contribution in [-0.2, 0) is 0 Å². The van der Waals surface area contributed by atoms with Crippen molar-refractivity contribution < 1.29 is 16.8 Å². The van der Waals surface area contributed by atoms with Crippen LogP contribution in [0.4, 0.5) is 11.4 Å². The first-order chi connectivity index (χ1) is 13.7. The van der Waals surface area contributed by atoms with Crippen molar-refractivity contribution in [1.29, 1.82) is 0 Å². The molecule has 0 saturated carbocycles. The summed E-state index contributed by atoms with van der Waals surface area (Å²) in [5.41, 5.74) is 4.53. The minimum Gasteiger partial charge on any atom is -1.00 e. The Bertz CT molecular complexity index is 1360. The van der Waals surface area contributed by atoms with Crippen molar-refractivity contribution in [2.45, 2.75) is 0 Å². The quantitative estimate of drug-likeness (QED) is 0.279. The zero-order valence-corrected chi connectivity index (χ0v) is 16.9. The van der Waals surface area contributed by atoms with Gasteiger partial charge in [-0.25, -0.2) is 9.56 Å². The fraction of sp³-hybridized carbons (Fsp3) is 0.0833. The average Bonchev–Trinajstić information content (AvgIpc) is 2.73. The van der Waals surface area contributed by atoms with Crippen LogP contribution in [-0.4, -0.2) is 19.1 Å². The van der Waals surface area contributed by atoms with Crippen LogP contribution in [0.2, 0.25) is 0 Å². The zero-order valence-electron chi connectivity index (χ0n) is 16.2. The summed E-state index contributed by atoms with van der Waals surface area (Å²) in [5.74, 6) is 0.777. The Hall–Kier alpha value is -3.37. The number of nitrogens with one attached hydrogen (secondary N) is 1. The van der Waals surface area contributed by atoms with Gasteiger partial charge in [-0.1, -0.05) is 42.5 Å². The lowest BCUT2D eigenvalue weighted by Crippen LogP contribution is -3.00. The van der Waals surface area contributed by atoms with Crippen molar-refractivity contribution >= 4 is 33.2 Å². The summed E-state index contributed by atoms with van der Waals surface area (Å²) in [4.78, 5) is 4.91. The molecule has 0 saturated heterocycles. The van der Waals surface area contributed by atoms with Gasteiger partial charge >= 0.3 is 0 Å². The second kappa shape index (κ2) is 7.57. The molecule has 29 heavy (non-hydrogen) atoms. The number of halogens is 1. The van der Waals surface area contributed by atoms with E-state index < -0.39 is 0 Å². The van der Waals surface area contributed by atoms with Crippen LogP contribution in [0.25, 0.3) is 33.3 Å². The lowest BCUT2D eigenvalue weighted by molar-refractivity contribution is -0.00000602. The summed E-state index contributed by atoms with van der Waals surface area (Å²) in [6.07, 6.45) is 0. The number of aromatic nitrogens is 1. The van der Waals surface area contributed by atoms with Crippen molar-refractivity contribution in [3.8, 4) is 11.5 Å². The Kier molecular flexibility index (Phi) is 4.95. The molecule has 0 radical (unpaired) electrons. The fourth-order valence-corrected chi connectivity index (χ4v) is 3.50. The van der Waals surface area contributed by atoms with Crippen LogP contribution >= 0.6 is 0 Å². The molecule has 0 amide bonds. The van der Waals surface area contributed by atoms with Crippen LogP contribution in [0, 0.1) is 0 Å². The third-order valence-corrected chi connectivity index (χ3v) is 4.95. The molecule has 0 bridgehead atoms. The van der Waals surface area contributed by atoms with Gasteiger partial charge in [-0.15, -0.1) is 0 Å². The molecule has 0 fully saturated rings. The van der Waals surface area contributed by atoms with Crippen LogP contribution in [0.1, 0.15) is 0 Å². The molecule has 0 atom stereocenters. The SMILES string of the molecule is C[N+](C)=c1ccc2nc3c(cc(Nc4ccccc4)c4ccccc43)oc-2c1.[Cl-]. The molecule has 1 aliphatic heterocycles. The minimum absolute atomic E-state index is 0. The number of fused-ring (bicyclic) bond motifs is 4. The molecule has 1 heterocycles. The fourth-order valence-electron chi connectivity index (χ4n) is 3.50. The number of hydrogen-bond donors (Lipinski definition) is 1. The molecular weight excluding hydrogens is 382 g/mol. The molecule has 2 aliphatic rings. The lowest BCUT2D eigenvalue weighted by Gasteiger charge is -2.13. The van der Waals surface area contributed by atoms with E-state index in [-0.39, 0.29) is 12.4 Å². The van der Waals surface area contributed by atoms with Crippen molar-refractivity contribution in [3.05, 3.63) is 84.2 Å². The summed E-state index contributed by atoms with van der Waals surface area (Å²) in [5, 5.41) is 6.79. The number of anilines is 2. The first kappa shape index (κ1) is 19.0. The van der Waals surface area contributed by atoms with Crippen LogP contribution in [0.5, 0.6) is 0 Å². The zero-order chi connectivity index (χ0) is 19.1. The Balaban J connectivity index is 0.00000205. The van der Waals surface area contributed by atoms with Gasteiger partial charge in [0.1, 0.15) is 25.3 Å². The van der Waals surface area contributed by atoms with Crippen molar-refractivity contribution in [3.63, 3.8) is 0 Å². The highest BCUT2D eigenvalue weighted by Gasteiger charge is 2.15. The molecule has 1 aliphatic carbocycles. The van der Waals surface area contributed by atoms with Gasteiger partial charge in [0.25, 0.3) is 0 Å². The highest BCUT2D eigenvalue weighted by molar-refractivity contribution is 6.10. The van der Waals surface area contributed by atoms with Gasteiger partial charge in [-0.05, 0) is 18.2 Å². The summed E-state index contributed by atoms with van der Waals surface area (Å²) in [7, 11) is 4.04. The van der Waals surface area contributed by atoms with E-state index in [1.165, 1.54) is 0 Å². The molecule has 0 aromatic heterocycles. The summed E-state index contributed by atoms with van der Waals surface area (Å²) in [6, 6.07) is 26.6. The van der Waals surface area contributed by atoms with Gasteiger partial charge in [0.15, 0.2) is 11.3 Å². The van der Waals surface area contributed by atoms with Gasteiger partial charge in [0, 0.05) is 28.6 Å². The van der Waals surface area contributed by atoms with E-state index in [0.717, 1.165) is 50.1 Å². The molecule has 0 unspecified atom stereocenters. The van der Waals surface area contributed by atoms with E-state index in [0.29, 0.717) is 0 Å². The van der Waals surface area contributed by atoms with Crippen LogP contribution in [0.15, 0.2) is 83.3 Å². The van der Waals surface area contributed by atoms with Gasteiger partial charge < -0.3 is 22.1 Å². The third kappa shape index (κ3) is 3.43. The second-order valence-corrected chi connectivity index (χ2v) is 7.07. The predicted octanol–water partition coefficient (Wildman–Crippen LogP) is 1.87. The largest absolute Gasteiger partial charge is 1.00 e. The van der Waals surface area contributed by atoms with Gasteiger partial charge in [-0.2, -0.15) is 0 Å². The summed E-state index contributed by atoms with van der Waals surface area (Å²) < 4.78 is 8.35. The second-order valence-electron chi connectivity index (χ2n) is 7.07. The van der Waals surface area contributed by atoms with E-state index in [4.69, 9.17) is 9.40 Å². The molecule has 5 rings (SSSR count). The molecule has 1 N–H and O–H groups in total. The van der Waals surface area contributed by atoms with Crippen molar-refractivity contribution in [1.82, 2.24) is 9.56 Å². The molecular formula is C24H20ClN3O. The van der Waals surface area contributed by atoms with E-state index in [1.807, 2.05) is 62.6 Å². The predicted molar refractivity (Wildman–Crippen MR) is 115 cm³/mol. The smallest absolute Gasteiger partial charge is 0.203 e. The molecule has 0 spiro atoms. The third-order valence-electron chi connectivity index (χ3n) is 4.95. The first-order valence-electron chi connectivity index (χ1n) is 9.28. The van der Waals surface area contributed by atoms with Crippen LogP contribution < -0.4 is 27.7 Å². The van der Waals surface area contributed by atoms with E-state index in [9.17, 15) is 0 Å². The first-order valence-corrected chi connectivity index (χ1v) is 9.28. The number of benzene rings is 4. The Labute approximate surface area is 174 Å². The highest BCUT2D eigenvalue weighted by Crippen LogP contribution is 2.35. The topological polar surface area (TPSA) is 41.1 Å². The Morgan fingerprint density at radius 1 is 0.828 bits per heavy atom. The maximum atomic E-state index is 6.29. The molecule has 4 nitrogen and oxygen atoms in total. The Morgan fingerprint density at radius 3 is 2.31 bits per heavy atom. The van der Waals surface area contributed by atoms with Crippen molar-refractivity contribution in [2.24, 2.45) is 0 Å². The molecule has 3 aromatic rings. The van der Waals surface area contributed by atoms with E-state index >= 15 is 0 Å². The lowest BCUT2D eigenvalue weighted by atomic mass is 10.1. The number of hydrogen-bond acceptors (Lipinski definition) is 3. The summed E-state index contributed by atoms with van der Waals surface area (Å²) in [6.45, 7) is 0. The molecule has 5 heteroatoms.